The van der Waals surface area contributed by atoms with Crippen molar-refractivity contribution in [1.82, 2.24) is 0 Å². The fourth-order valence-corrected chi connectivity index (χ4v) is 2.08. The van der Waals surface area contributed by atoms with Crippen LogP contribution in [0.1, 0.15) is 28.8 Å². The normalized spacial score (nSPS) is 10.2. The van der Waals surface area contributed by atoms with Crippen LogP contribution in [0, 0.1) is 12.7 Å². The van der Waals surface area contributed by atoms with Gasteiger partial charge in [-0.05, 0) is 42.8 Å². The van der Waals surface area contributed by atoms with Gasteiger partial charge in [-0.15, -0.1) is 0 Å². The van der Waals surface area contributed by atoms with Crippen LogP contribution in [-0.4, -0.2) is 24.3 Å². The highest BCUT2D eigenvalue weighted by atomic mass is 19.1. The molecule has 5 nitrogen and oxygen atoms in total. The van der Waals surface area contributed by atoms with Crippen LogP contribution in [0.5, 0.6) is 0 Å². The van der Waals surface area contributed by atoms with Crippen LogP contribution in [-0.2, 0) is 14.3 Å². The molecule has 0 saturated carbocycles. The summed E-state index contributed by atoms with van der Waals surface area (Å²) in [7, 11) is 0. The predicted molar refractivity (Wildman–Crippen MR) is 90.7 cm³/mol. The van der Waals surface area contributed by atoms with Gasteiger partial charge in [0.15, 0.2) is 12.4 Å². The van der Waals surface area contributed by atoms with Gasteiger partial charge in [0.05, 0.1) is 6.42 Å². The smallest absolute Gasteiger partial charge is 0.306 e. The van der Waals surface area contributed by atoms with E-state index in [4.69, 9.17) is 4.74 Å². The third-order valence-electron chi connectivity index (χ3n) is 3.51. The minimum Gasteiger partial charge on any atom is -0.457 e. The third kappa shape index (κ3) is 5.84. The topological polar surface area (TPSA) is 72.5 Å². The van der Waals surface area contributed by atoms with Gasteiger partial charge in [-0.2, -0.15) is 0 Å². The predicted octanol–water partition coefficient (Wildman–Crippen LogP) is 3.28. The lowest BCUT2D eigenvalue weighted by atomic mass is 10.1. The first-order valence-electron chi connectivity index (χ1n) is 7.75. The number of carbonyl (C=O) groups is 3. The van der Waals surface area contributed by atoms with E-state index in [0.717, 1.165) is 17.7 Å². The van der Waals surface area contributed by atoms with E-state index in [1.54, 1.807) is 12.1 Å². The molecule has 130 valence electrons. The highest BCUT2D eigenvalue weighted by molar-refractivity contribution is 5.98. The van der Waals surface area contributed by atoms with Crippen molar-refractivity contribution < 1.29 is 23.5 Å². The Morgan fingerprint density at radius 2 is 1.68 bits per heavy atom. The number of nitrogens with one attached hydrogen (secondary N) is 1. The second-order valence-electron chi connectivity index (χ2n) is 5.45. The molecular weight excluding hydrogens is 325 g/mol. The molecular formula is C19H18FNO4. The molecule has 0 radical (unpaired) electrons. The Balaban J connectivity index is 1.73. The Morgan fingerprint density at radius 3 is 2.36 bits per heavy atom. The number of para-hydroxylation sites is 1. The maximum absolute atomic E-state index is 12.8. The molecule has 2 rings (SSSR count). The van der Waals surface area contributed by atoms with Gasteiger partial charge in [0.1, 0.15) is 5.82 Å². The number of hydrogen-bond acceptors (Lipinski definition) is 4. The maximum atomic E-state index is 12.8. The molecule has 25 heavy (non-hydrogen) atoms. The summed E-state index contributed by atoms with van der Waals surface area (Å²) in [6, 6.07) is 12.3. The van der Waals surface area contributed by atoms with E-state index >= 15 is 0 Å². The lowest BCUT2D eigenvalue weighted by Gasteiger charge is -2.08. The van der Waals surface area contributed by atoms with Gasteiger partial charge in [-0.3, -0.25) is 14.4 Å². The molecule has 0 aliphatic rings. The van der Waals surface area contributed by atoms with Crippen LogP contribution in [0.15, 0.2) is 48.5 Å². The summed E-state index contributed by atoms with van der Waals surface area (Å²) in [5.41, 5.74) is 1.86. The largest absolute Gasteiger partial charge is 0.457 e. The second kappa shape index (κ2) is 8.73. The molecule has 2 aromatic rings. The van der Waals surface area contributed by atoms with Crippen LogP contribution >= 0.6 is 0 Å². The summed E-state index contributed by atoms with van der Waals surface area (Å²) < 4.78 is 17.6. The highest BCUT2D eigenvalue weighted by Gasteiger charge is 2.12. The molecule has 0 aliphatic carbocycles. The zero-order valence-corrected chi connectivity index (χ0v) is 13.8. The van der Waals surface area contributed by atoms with Crippen molar-refractivity contribution in [2.24, 2.45) is 0 Å². The van der Waals surface area contributed by atoms with Gasteiger partial charge in [0.25, 0.3) is 0 Å². The number of ketones is 1. The van der Waals surface area contributed by atoms with E-state index in [-0.39, 0.29) is 24.3 Å². The van der Waals surface area contributed by atoms with E-state index in [1.807, 2.05) is 19.1 Å². The third-order valence-corrected chi connectivity index (χ3v) is 3.51. The first kappa shape index (κ1) is 18.3. The Kier molecular flexibility index (Phi) is 6.39. The highest BCUT2D eigenvalue weighted by Crippen LogP contribution is 2.13. The van der Waals surface area contributed by atoms with E-state index < -0.39 is 24.2 Å². The zero-order valence-electron chi connectivity index (χ0n) is 13.8. The molecule has 0 fully saturated rings. The molecule has 0 saturated heterocycles. The number of halogens is 1. The standard InChI is InChI=1S/C19H18FNO4/c1-13-4-2-3-5-16(13)21-18(23)10-11-19(24)25-12-17(22)14-6-8-15(20)9-7-14/h2-9H,10-12H2,1H3,(H,21,23). The van der Waals surface area contributed by atoms with Crippen molar-refractivity contribution in [3.8, 4) is 0 Å². The lowest BCUT2D eigenvalue weighted by Crippen LogP contribution is -2.17. The molecule has 6 heteroatoms. The Morgan fingerprint density at radius 1 is 1.00 bits per heavy atom. The molecule has 0 spiro atoms. The summed E-state index contributed by atoms with van der Waals surface area (Å²) in [5, 5.41) is 2.71. The molecule has 0 unspecified atom stereocenters. The van der Waals surface area contributed by atoms with Crippen LogP contribution in [0.2, 0.25) is 0 Å². The molecule has 1 N–H and O–H groups in total. The SMILES string of the molecule is Cc1ccccc1NC(=O)CCC(=O)OCC(=O)c1ccc(F)cc1. The quantitative estimate of drug-likeness (QED) is 0.618. The Hall–Kier alpha value is -3.02. The van der Waals surface area contributed by atoms with Gasteiger partial charge in [0.2, 0.25) is 5.91 Å². The Labute approximate surface area is 144 Å². The van der Waals surface area contributed by atoms with Gasteiger partial charge in [-0.1, -0.05) is 18.2 Å². The van der Waals surface area contributed by atoms with Gasteiger partial charge in [0, 0.05) is 17.7 Å². The summed E-state index contributed by atoms with van der Waals surface area (Å²) in [6.45, 7) is 1.43. The first-order valence-corrected chi connectivity index (χ1v) is 7.75. The van der Waals surface area contributed by atoms with Gasteiger partial charge >= 0.3 is 5.97 Å². The van der Waals surface area contributed by atoms with E-state index in [9.17, 15) is 18.8 Å². The van der Waals surface area contributed by atoms with Crippen LogP contribution in [0.25, 0.3) is 0 Å². The number of rotatable bonds is 7. The zero-order chi connectivity index (χ0) is 18.2. The maximum Gasteiger partial charge on any atom is 0.306 e. The number of esters is 1. The van der Waals surface area contributed by atoms with E-state index in [1.165, 1.54) is 12.1 Å². The molecule has 0 atom stereocenters. The number of ether oxygens (including phenoxy) is 1. The number of aryl methyl sites for hydroxylation is 1. The van der Waals surface area contributed by atoms with Gasteiger partial charge < -0.3 is 10.1 Å². The lowest BCUT2D eigenvalue weighted by molar-refractivity contribution is -0.143. The van der Waals surface area contributed by atoms with Gasteiger partial charge in [-0.25, -0.2) is 4.39 Å². The summed E-state index contributed by atoms with van der Waals surface area (Å²) >= 11 is 0. The summed E-state index contributed by atoms with van der Waals surface area (Å²) in [4.78, 5) is 35.3. The Bertz CT molecular complexity index is 771. The van der Waals surface area contributed by atoms with Crippen molar-refractivity contribution in [2.75, 3.05) is 11.9 Å². The average Bonchev–Trinajstić information content (AvgIpc) is 2.60. The fraction of sp³-hybridized carbons (Fsp3) is 0.211. The number of benzene rings is 2. The van der Waals surface area contributed by atoms with E-state index in [2.05, 4.69) is 5.32 Å². The number of anilines is 1. The molecule has 1 amide bonds. The fourth-order valence-electron chi connectivity index (χ4n) is 2.08. The molecule has 2 aromatic carbocycles. The average molecular weight is 343 g/mol. The monoisotopic (exact) mass is 343 g/mol. The van der Waals surface area contributed by atoms with Crippen LogP contribution in [0.3, 0.4) is 0 Å². The van der Waals surface area contributed by atoms with E-state index in [0.29, 0.717) is 5.69 Å². The summed E-state index contributed by atoms with van der Waals surface area (Å²) in [5.74, 6) is -1.84. The van der Waals surface area contributed by atoms with Crippen molar-refractivity contribution >= 4 is 23.3 Å². The molecule has 0 aliphatic heterocycles. The van der Waals surface area contributed by atoms with Crippen molar-refractivity contribution in [2.45, 2.75) is 19.8 Å². The minimum absolute atomic E-state index is 0.0437. The molecule has 0 bridgehead atoms. The second-order valence-corrected chi connectivity index (χ2v) is 5.45. The molecule has 0 heterocycles. The minimum atomic E-state index is -0.643. The van der Waals surface area contributed by atoms with Crippen molar-refractivity contribution in [1.29, 1.82) is 0 Å². The van der Waals surface area contributed by atoms with Crippen molar-refractivity contribution in [3.05, 3.63) is 65.5 Å². The first-order chi connectivity index (χ1) is 12.0. The number of Topliss-reactive ketones (excluding diaryl/α,β-unsaturated/α-hetero) is 1. The summed E-state index contributed by atoms with van der Waals surface area (Å²) in [6.07, 6.45) is -0.174. The number of carbonyl (C=O) groups excluding carboxylic acids is 3. The number of amides is 1. The number of hydrogen-bond donors (Lipinski definition) is 1. The van der Waals surface area contributed by atoms with Crippen LogP contribution in [0.4, 0.5) is 10.1 Å². The van der Waals surface area contributed by atoms with Crippen LogP contribution < -0.4 is 5.32 Å². The van der Waals surface area contributed by atoms with Crippen molar-refractivity contribution in [3.63, 3.8) is 0 Å². The molecule has 0 aromatic heterocycles.